The topological polar surface area (TPSA) is 94.8 Å². The molecule has 28 heavy (non-hydrogen) atoms. The zero-order valence-corrected chi connectivity index (χ0v) is 17.6. The molecule has 2 heterocycles. The Bertz CT molecular complexity index is 1030. The molecule has 0 aliphatic rings. The third-order valence-electron chi connectivity index (χ3n) is 3.80. The van der Waals surface area contributed by atoms with E-state index in [0.717, 1.165) is 5.56 Å². The number of aromatic nitrogens is 5. The van der Waals surface area contributed by atoms with Crippen molar-refractivity contribution < 1.29 is 9.53 Å². The Morgan fingerprint density at radius 3 is 2.86 bits per heavy atom. The average molecular weight is 439 g/mol. The molecule has 2 aromatic heterocycles. The third kappa shape index (κ3) is 4.37. The number of rotatable bonds is 6. The van der Waals surface area contributed by atoms with E-state index in [1.54, 1.807) is 14.0 Å². The fourth-order valence-electron chi connectivity index (χ4n) is 2.33. The summed E-state index contributed by atoms with van der Waals surface area (Å²) in [6, 6.07) is 5.67. The fraction of sp³-hybridized carbons (Fsp3) is 0.235. The number of aryl methyl sites for hydroxylation is 1. The molecule has 0 unspecified atom stereocenters. The number of halogens is 2. The first kappa shape index (κ1) is 20.4. The molecular formula is C17H16Cl2N6O2S. The van der Waals surface area contributed by atoms with E-state index in [1.807, 2.05) is 25.1 Å². The Morgan fingerprint density at radius 2 is 2.11 bits per heavy atom. The van der Waals surface area contributed by atoms with Crippen LogP contribution in [0.3, 0.4) is 0 Å². The molecule has 8 nitrogen and oxygen atoms in total. The van der Waals surface area contributed by atoms with Crippen molar-refractivity contribution in [3.63, 3.8) is 0 Å². The molecule has 0 aliphatic heterocycles. The summed E-state index contributed by atoms with van der Waals surface area (Å²) in [5.74, 6) is 0.645. The van der Waals surface area contributed by atoms with Crippen molar-refractivity contribution in [3.8, 4) is 11.4 Å². The summed E-state index contributed by atoms with van der Waals surface area (Å²) in [5, 5.41) is 15.6. The smallest absolute Gasteiger partial charge is 0.236 e. The molecule has 1 amide bonds. The van der Waals surface area contributed by atoms with Gasteiger partial charge in [-0.3, -0.25) is 4.79 Å². The summed E-state index contributed by atoms with van der Waals surface area (Å²) in [6.45, 7) is 3.71. The van der Waals surface area contributed by atoms with Gasteiger partial charge in [0.25, 0.3) is 0 Å². The second-order valence-corrected chi connectivity index (χ2v) is 7.51. The molecule has 0 bridgehead atoms. The van der Waals surface area contributed by atoms with Gasteiger partial charge < -0.3 is 10.1 Å². The van der Waals surface area contributed by atoms with E-state index >= 15 is 0 Å². The van der Waals surface area contributed by atoms with Crippen LogP contribution in [0.2, 0.25) is 10.0 Å². The van der Waals surface area contributed by atoms with E-state index in [9.17, 15) is 4.79 Å². The van der Waals surface area contributed by atoms with Crippen molar-refractivity contribution >= 4 is 46.7 Å². The highest BCUT2D eigenvalue weighted by molar-refractivity contribution is 7.99. The van der Waals surface area contributed by atoms with Gasteiger partial charge in [0, 0.05) is 6.20 Å². The van der Waals surface area contributed by atoms with Crippen LogP contribution in [-0.2, 0) is 4.79 Å². The van der Waals surface area contributed by atoms with Gasteiger partial charge in [-0.05, 0) is 47.5 Å². The van der Waals surface area contributed by atoms with Gasteiger partial charge in [-0.15, -0.1) is 5.10 Å². The molecule has 0 atom stereocenters. The Hall–Kier alpha value is -2.36. The zero-order valence-electron chi connectivity index (χ0n) is 15.2. The van der Waals surface area contributed by atoms with Gasteiger partial charge >= 0.3 is 0 Å². The summed E-state index contributed by atoms with van der Waals surface area (Å²) in [6.07, 6.45) is 1.44. The van der Waals surface area contributed by atoms with Crippen LogP contribution in [0.4, 0.5) is 5.82 Å². The first-order valence-corrected chi connectivity index (χ1v) is 9.81. The number of benzene rings is 1. The minimum atomic E-state index is -0.299. The van der Waals surface area contributed by atoms with Crippen LogP contribution in [-0.4, -0.2) is 44.0 Å². The monoisotopic (exact) mass is 438 g/mol. The molecule has 3 aromatic rings. The SMILES string of the molecule is COc1ccc(C)cc1-n1nnnc1SCC(=O)Nc1ncc(Cl)c(C)c1Cl. The van der Waals surface area contributed by atoms with Gasteiger partial charge in [0.05, 0.1) is 22.9 Å². The zero-order chi connectivity index (χ0) is 20.3. The Kier molecular flexibility index (Phi) is 6.38. The summed E-state index contributed by atoms with van der Waals surface area (Å²) < 4.78 is 6.91. The summed E-state index contributed by atoms with van der Waals surface area (Å²) >= 11 is 13.3. The van der Waals surface area contributed by atoms with E-state index in [1.165, 1.54) is 22.6 Å². The van der Waals surface area contributed by atoms with Crippen molar-refractivity contribution in [1.82, 2.24) is 25.2 Å². The predicted octanol–water partition coefficient (Wildman–Crippen LogP) is 3.72. The first-order valence-electron chi connectivity index (χ1n) is 8.07. The van der Waals surface area contributed by atoms with Crippen molar-refractivity contribution in [2.75, 3.05) is 18.2 Å². The highest BCUT2D eigenvalue weighted by Gasteiger charge is 2.16. The summed E-state index contributed by atoms with van der Waals surface area (Å²) in [7, 11) is 1.57. The number of nitrogens with zero attached hydrogens (tertiary/aromatic N) is 5. The van der Waals surface area contributed by atoms with Gasteiger partial charge in [0.15, 0.2) is 5.82 Å². The molecule has 1 aromatic carbocycles. The van der Waals surface area contributed by atoms with Crippen LogP contribution < -0.4 is 10.1 Å². The van der Waals surface area contributed by atoms with Gasteiger partial charge in [-0.1, -0.05) is 41.0 Å². The number of tetrazole rings is 1. The molecule has 0 aliphatic carbocycles. The fourth-order valence-corrected chi connectivity index (χ4v) is 3.40. The number of nitrogens with one attached hydrogen (secondary N) is 1. The van der Waals surface area contributed by atoms with Crippen LogP contribution in [0, 0.1) is 13.8 Å². The van der Waals surface area contributed by atoms with E-state index in [-0.39, 0.29) is 17.5 Å². The number of anilines is 1. The van der Waals surface area contributed by atoms with Crippen LogP contribution in [0.5, 0.6) is 5.75 Å². The number of carbonyl (C=O) groups excluding carboxylic acids is 1. The lowest BCUT2D eigenvalue weighted by molar-refractivity contribution is -0.113. The van der Waals surface area contributed by atoms with E-state index in [4.69, 9.17) is 27.9 Å². The Labute approximate surface area is 175 Å². The molecule has 0 spiro atoms. The number of ether oxygens (including phenoxy) is 1. The number of methoxy groups -OCH3 is 1. The lowest BCUT2D eigenvalue weighted by Crippen LogP contribution is -2.16. The molecular weight excluding hydrogens is 423 g/mol. The Balaban J connectivity index is 1.73. The quantitative estimate of drug-likeness (QED) is 0.585. The van der Waals surface area contributed by atoms with E-state index in [0.29, 0.717) is 32.2 Å². The number of carbonyl (C=O) groups is 1. The van der Waals surface area contributed by atoms with E-state index < -0.39 is 0 Å². The van der Waals surface area contributed by atoms with Crippen molar-refractivity contribution in [1.29, 1.82) is 0 Å². The largest absolute Gasteiger partial charge is 0.494 e. The highest BCUT2D eigenvalue weighted by Crippen LogP contribution is 2.29. The molecule has 0 saturated carbocycles. The maximum absolute atomic E-state index is 12.3. The number of amides is 1. The first-order chi connectivity index (χ1) is 13.4. The highest BCUT2D eigenvalue weighted by atomic mass is 35.5. The van der Waals surface area contributed by atoms with Gasteiger partial charge in [-0.25, -0.2) is 4.98 Å². The average Bonchev–Trinajstić information content (AvgIpc) is 3.15. The Morgan fingerprint density at radius 1 is 1.32 bits per heavy atom. The third-order valence-corrected chi connectivity index (χ3v) is 5.56. The minimum Gasteiger partial charge on any atom is -0.494 e. The molecule has 146 valence electrons. The van der Waals surface area contributed by atoms with Crippen LogP contribution >= 0.6 is 35.0 Å². The normalized spacial score (nSPS) is 10.8. The molecule has 0 radical (unpaired) electrons. The molecule has 0 saturated heterocycles. The number of hydrogen-bond donors (Lipinski definition) is 1. The van der Waals surface area contributed by atoms with Crippen molar-refractivity contribution in [3.05, 3.63) is 45.6 Å². The molecule has 3 rings (SSSR count). The van der Waals surface area contributed by atoms with Crippen LogP contribution in [0.25, 0.3) is 5.69 Å². The maximum Gasteiger partial charge on any atom is 0.236 e. The standard InChI is InChI=1S/C17H16Cl2N6O2S/c1-9-4-5-13(27-3)12(6-9)25-17(22-23-24-25)28-8-14(26)21-16-15(19)10(2)11(18)7-20-16/h4-7H,8H2,1-3H3,(H,20,21,26). The van der Waals surface area contributed by atoms with Crippen molar-refractivity contribution in [2.45, 2.75) is 19.0 Å². The van der Waals surface area contributed by atoms with Crippen LogP contribution in [0.15, 0.2) is 29.6 Å². The van der Waals surface area contributed by atoms with Gasteiger partial charge in [0.2, 0.25) is 11.1 Å². The van der Waals surface area contributed by atoms with Gasteiger partial charge in [0.1, 0.15) is 11.4 Å². The number of thioether (sulfide) groups is 1. The van der Waals surface area contributed by atoms with Gasteiger partial charge in [-0.2, -0.15) is 4.68 Å². The number of pyridine rings is 1. The second kappa shape index (κ2) is 8.76. The summed E-state index contributed by atoms with van der Waals surface area (Å²) in [5.41, 5.74) is 2.36. The second-order valence-electron chi connectivity index (χ2n) is 5.78. The van der Waals surface area contributed by atoms with Crippen molar-refractivity contribution in [2.24, 2.45) is 0 Å². The minimum absolute atomic E-state index is 0.0637. The lowest BCUT2D eigenvalue weighted by atomic mass is 10.2. The number of hydrogen-bond acceptors (Lipinski definition) is 7. The molecule has 1 N–H and O–H groups in total. The summed E-state index contributed by atoms with van der Waals surface area (Å²) in [4.78, 5) is 16.4. The maximum atomic E-state index is 12.3. The lowest BCUT2D eigenvalue weighted by Gasteiger charge is -2.11. The molecule has 0 fully saturated rings. The predicted molar refractivity (Wildman–Crippen MR) is 109 cm³/mol. The molecule has 11 heteroatoms. The van der Waals surface area contributed by atoms with E-state index in [2.05, 4.69) is 25.8 Å². The van der Waals surface area contributed by atoms with Crippen LogP contribution in [0.1, 0.15) is 11.1 Å².